The number of carbonyl (C=O) groups is 1. The number of amides is 1. The van der Waals surface area contributed by atoms with Crippen LogP contribution >= 0.6 is 0 Å². The molecule has 0 spiro atoms. The molecule has 2 heterocycles. The van der Waals surface area contributed by atoms with E-state index >= 15 is 0 Å². The standard InChI is InChI=1S/C20H26N4O/c1-20(2)10-7-11-24(3)18(20)14-21-19(25)16-12-17(23-22-13-16)15-8-5-4-6-9-15/h4-6,8-9,12-13,18H,7,10-11,14H2,1-3H3,(H,21,25)/t18-/m0/s1. The summed E-state index contributed by atoms with van der Waals surface area (Å²) in [6.07, 6.45) is 3.92. The molecule has 0 saturated carbocycles. The van der Waals surface area contributed by atoms with Crippen molar-refractivity contribution in [3.8, 4) is 11.3 Å². The van der Waals surface area contributed by atoms with E-state index in [9.17, 15) is 4.79 Å². The Bertz CT molecular complexity index is 729. The fourth-order valence-electron chi connectivity index (χ4n) is 3.67. The van der Waals surface area contributed by atoms with Crippen molar-refractivity contribution in [2.24, 2.45) is 5.41 Å². The maximum atomic E-state index is 12.6. The van der Waals surface area contributed by atoms with Crippen LogP contribution in [0.5, 0.6) is 0 Å². The molecule has 1 N–H and O–H groups in total. The number of hydrogen-bond acceptors (Lipinski definition) is 4. The van der Waals surface area contributed by atoms with Gasteiger partial charge in [0, 0.05) is 18.2 Å². The molecule has 1 aromatic heterocycles. The number of piperidine rings is 1. The summed E-state index contributed by atoms with van der Waals surface area (Å²) in [7, 11) is 2.14. The van der Waals surface area contributed by atoms with Crippen LogP contribution in [0, 0.1) is 5.41 Å². The van der Waals surface area contributed by atoms with Crippen LogP contribution in [-0.4, -0.2) is 47.2 Å². The summed E-state index contributed by atoms with van der Waals surface area (Å²) in [6.45, 7) is 6.28. The average molecular weight is 338 g/mol. The maximum absolute atomic E-state index is 12.6. The SMILES string of the molecule is CN1CCCC(C)(C)[C@@H]1CNC(=O)c1cnnc(-c2ccccc2)c1. The number of rotatable bonds is 4. The van der Waals surface area contributed by atoms with Gasteiger partial charge in [-0.3, -0.25) is 4.79 Å². The summed E-state index contributed by atoms with van der Waals surface area (Å²) < 4.78 is 0. The Labute approximate surface area is 149 Å². The van der Waals surface area contributed by atoms with E-state index in [2.05, 4.69) is 41.3 Å². The first-order valence-corrected chi connectivity index (χ1v) is 8.84. The molecule has 0 unspecified atom stereocenters. The molecule has 1 amide bonds. The van der Waals surface area contributed by atoms with Crippen LogP contribution in [0.15, 0.2) is 42.6 Å². The van der Waals surface area contributed by atoms with Gasteiger partial charge in [0.05, 0.1) is 17.5 Å². The van der Waals surface area contributed by atoms with Crippen molar-refractivity contribution < 1.29 is 4.79 Å². The first kappa shape index (κ1) is 17.5. The molecule has 1 aromatic carbocycles. The van der Waals surface area contributed by atoms with Gasteiger partial charge in [0.1, 0.15) is 0 Å². The Kier molecular flexibility index (Phi) is 5.13. The van der Waals surface area contributed by atoms with E-state index in [0.717, 1.165) is 12.1 Å². The third-order valence-electron chi connectivity index (χ3n) is 5.21. The summed E-state index contributed by atoms with van der Waals surface area (Å²) in [5.41, 5.74) is 2.41. The van der Waals surface area contributed by atoms with Gasteiger partial charge in [0.25, 0.3) is 5.91 Å². The number of likely N-dealkylation sites (tertiary alicyclic amines) is 1. The maximum Gasteiger partial charge on any atom is 0.253 e. The van der Waals surface area contributed by atoms with Gasteiger partial charge in [0.15, 0.2) is 0 Å². The van der Waals surface area contributed by atoms with Crippen molar-refractivity contribution in [3.63, 3.8) is 0 Å². The minimum Gasteiger partial charge on any atom is -0.350 e. The van der Waals surface area contributed by atoms with Crippen LogP contribution in [0.25, 0.3) is 11.3 Å². The third-order valence-corrected chi connectivity index (χ3v) is 5.21. The van der Waals surface area contributed by atoms with Gasteiger partial charge in [0.2, 0.25) is 0 Å². The number of benzene rings is 1. The van der Waals surface area contributed by atoms with Crippen LogP contribution in [0.2, 0.25) is 0 Å². The molecule has 2 aromatic rings. The van der Waals surface area contributed by atoms with Gasteiger partial charge in [-0.25, -0.2) is 0 Å². The van der Waals surface area contributed by atoms with Crippen molar-refractivity contribution in [1.82, 2.24) is 20.4 Å². The minimum absolute atomic E-state index is 0.0955. The summed E-state index contributed by atoms with van der Waals surface area (Å²) in [5, 5.41) is 11.2. The molecular weight excluding hydrogens is 312 g/mol. The van der Waals surface area contributed by atoms with E-state index in [-0.39, 0.29) is 11.3 Å². The molecule has 1 aliphatic rings. The minimum atomic E-state index is -0.0955. The average Bonchev–Trinajstić information content (AvgIpc) is 2.61. The predicted octanol–water partition coefficient (Wildman–Crippen LogP) is 2.99. The lowest BCUT2D eigenvalue weighted by molar-refractivity contribution is 0.0556. The summed E-state index contributed by atoms with van der Waals surface area (Å²) >= 11 is 0. The van der Waals surface area contributed by atoms with Crippen molar-refractivity contribution in [2.45, 2.75) is 32.7 Å². The molecule has 1 fully saturated rings. The summed E-state index contributed by atoms with van der Waals surface area (Å²) in [6, 6.07) is 11.9. The van der Waals surface area contributed by atoms with E-state index in [1.165, 1.54) is 19.0 Å². The van der Waals surface area contributed by atoms with Crippen LogP contribution in [0.4, 0.5) is 0 Å². The highest BCUT2D eigenvalue weighted by Crippen LogP contribution is 2.33. The fraction of sp³-hybridized carbons (Fsp3) is 0.450. The highest BCUT2D eigenvalue weighted by atomic mass is 16.1. The van der Waals surface area contributed by atoms with Crippen molar-refractivity contribution >= 4 is 5.91 Å². The van der Waals surface area contributed by atoms with E-state index in [1.807, 2.05) is 30.3 Å². The second-order valence-electron chi connectivity index (χ2n) is 7.49. The van der Waals surface area contributed by atoms with E-state index in [1.54, 1.807) is 6.07 Å². The van der Waals surface area contributed by atoms with Gasteiger partial charge in [-0.05, 0) is 37.9 Å². The van der Waals surface area contributed by atoms with Crippen molar-refractivity contribution in [1.29, 1.82) is 0 Å². The molecule has 1 atom stereocenters. The molecule has 3 rings (SSSR count). The number of carbonyl (C=O) groups excluding carboxylic acids is 1. The Morgan fingerprint density at radius 1 is 1.32 bits per heavy atom. The zero-order valence-corrected chi connectivity index (χ0v) is 15.2. The Balaban J connectivity index is 1.69. The highest BCUT2D eigenvalue weighted by Gasteiger charge is 2.35. The molecule has 5 heteroatoms. The molecule has 5 nitrogen and oxygen atoms in total. The number of nitrogens with zero attached hydrogens (tertiary/aromatic N) is 3. The van der Waals surface area contributed by atoms with Crippen molar-refractivity contribution in [2.75, 3.05) is 20.1 Å². The molecule has 25 heavy (non-hydrogen) atoms. The lowest BCUT2D eigenvalue weighted by Crippen LogP contribution is -2.53. The molecule has 1 saturated heterocycles. The third kappa shape index (κ3) is 4.04. The quantitative estimate of drug-likeness (QED) is 0.931. The van der Waals surface area contributed by atoms with E-state index in [4.69, 9.17) is 0 Å². The van der Waals surface area contributed by atoms with Crippen molar-refractivity contribution in [3.05, 3.63) is 48.2 Å². The van der Waals surface area contributed by atoms with Gasteiger partial charge < -0.3 is 10.2 Å². The zero-order valence-electron chi connectivity index (χ0n) is 15.2. The first-order valence-electron chi connectivity index (χ1n) is 8.84. The van der Waals surface area contributed by atoms with Crippen LogP contribution in [-0.2, 0) is 0 Å². The second-order valence-corrected chi connectivity index (χ2v) is 7.49. The summed E-state index contributed by atoms with van der Waals surface area (Å²) in [5.74, 6) is -0.0955. The molecule has 132 valence electrons. The highest BCUT2D eigenvalue weighted by molar-refractivity contribution is 5.94. The molecule has 0 bridgehead atoms. The number of likely N-dealkylation sites (N-methyl/N-ethyl adjacent to an activating group) is 1. The van der Waals surface area contributed by atoms with Crippen LogP contribution in [0.3, 0.4) is 0 Å². The Morgan fingerprint density at radius 2 is 2.08 bits per heavy atom. The van der Waals surface area contributed by atoms with Crippen LogP contribution in [0.1, 0.15) is 37.0 Å². The lowest BCUT2D eigenvalue weighted by Gasteiger charge is -2.45. The van der Waals surface area contributed by atoms with Gasteiger partial charge in [-0.2, -0.15) is 10.2 Å². The predicted molar refractivity (Wildman–Crippen MR) is 99.2 cm³/mol. The normalized spacial score (nSPS) is 20.2. The molecule has 1 aliphatic heterocycles. The summed E-state index contributed by atoms with van der Waals surface area (Å²) in [4.78, 5) is 14.9. The zero-order chi connectivity index (χ0) is 17.9. The monoisotopic (exact) mass is 338 g/mol. The van der Waals surface area contributed by atoms with Crippen LogP contribution < -0.4 is 5.32 Å². The fourth-order valence-corrected chi connectivity index (χ4v) is 3.67. The Hall–Kier alpha value is -2.27. The Morgan fingerprint density at radius 3 is 2.80 bits per heavy atom. The number of aromatic nitrogens is 2. The smallest absolute Gasteiger partial charge is 0.253 e. The van der Waals surface area contributed by atoms with E-state index in [0.29, 0.717) is 23.8 Å². The van der Waals surface area contributed by atoms with Gasteiger partial charge in [-0.1, -0.05) is 44.2 Å². The largest absolute Gasteiger partial charge is 0.350 e. The number of hydrogen-bond donors (Lipinski definition) is 1. The lowest BCUT2D eigenvalue weighted by atomic mass is 9.76. The number of nitrogens with one attached hydrogen (secondary N) is 1. The first-order chi connectivity index (χ1) is 12.0. The van der Waals surface area contributed by atoms with Gasteiger partial charge in [-0.15, -0.1) is 0 Å². The second kappa shape index (κ2) is 7.31. The van der Waals surface area contributed by atoms with Gasteiger partial charge >= 0.3 is 0 Å². The molecule has 0 radical (unpaired) electrons. The van der Waals surface area contributed by atoms with E-state index < -0.39 is 0 Å². The molecule has 0 aliphatic carbocycles. The molecular formula is C20H26N4O. The topological polar surface area (TPSA) is 58.1 Å².